The molecular formula is C16H12N6O4. The van der Waals surface area contributed by atoms with E-state index in [4.69, 9.17) is 14.9 Å². The van der Waals surface area contributed by atoms with Crippen LogP contribution in [0.15, 0.2) is 47.1 Å². The fourth-order valence-electron chi connectivity index (χ4n) is 2.22. The number of ether oxygens (including phenoxy) is 2. The SMILES string of the molecule is COC(=O)c1ccc(Oc2nc(N)n3nc(-c4ccco4)nc3n2)cc1. The summed E-state index contributed by atoms with van der Waals surface area (Å²) in [5.74, 6) is 1.07. The molecule has 10 heteroatoms. The molecule has 0 aliphatic heterocycles. The number of nitrogens with zero attached hydrogens (tertiary/aromatic N) is 5. The minimum absolute atomic E-state index is 0.000729. The Morgan fingerprint density at radius 1 is 1.15 bits per heavy atom. The van der Waals surface area contributed by atoms with Crippen LogP contribution in [-0.4, -0.2) is 37.6 Å². The molecule has 0 unspecified atom stereocenters. The van der Waals surface area contributed by atoms with E-state index < -0.39 is 5.97 Å². The number of carbonyl (C=O) groups is 1. The average Bonchev–Trinajstić information content (AvgIpc) is 3.31. The van der Waals surface area contributed by atoms with Crippen LogP contribution in [0.5, 0.6) is 11.8 Å². The van der Waals surface area contributed by atoms with Gasteiger partial charge < -0.3 is 19.6 Å². The molecule has 4 rings (SSSR count). The van der Waals surface area contributed by atoms with Gasteiger partial charge >= 0.3 is 12.0 Å². The second kappa shape index (κ2) is 6.16. The lowest BCUT2D eigenvalue weighted by Crippen LogP contribution is -2.05. The van der Waals surface area contributed by atoms with Gasteiger partial charge in [0.25, 0.3) is 5.78 Å². The van der Waals surface area contributed by atoms with E-state index in [1.54, 1.807) is 36.4 Å². The van der Waals surface area contributed by atoms with Crippen molar-refractivity contribution in [2.24, 2.45) is 0 Å². The summed E-state index contributed by atoms with van der Waals surface area (Å²) in [6.07, 6.45) is 1.52. The van der Waals surface area contributed by atoms with Crippen molar-refractivity contribution in [1.29, 1.82) is 0 Å². The molecule has 10 nitrogen and oxygen atoms in total. The lowest BCUT2D eigenvalue weighted by atomic mass is 10.2. The summed E-state index contributed by atoms with van der Waals surface area (Å²) >= 11 is 0. The molecule has 130 valence electrons. The molecular weight excluding hydrogens is 340 g/mol. The van der Waals surface area contributed by atoms with Crippen LogP contribution in [0.3, 0.4) is 0 Å². The molecule has 0 saturated carbocycles. The molecule has 26 heavy (non-hydrogen) atoms. The minimum atomic E-state index is -0.438. The van der Waals surface area contributed by atoms with E-state index in [2.05, 4.69) is 24.8 Å². The standard InChI is InChI=1S/C16H12N6O4/c1-24-13(23)9-4-6-10(7-5-9)26-16-19-14(17)22-15(20-16)18-12(21-22)11-3-2-8-25-11/h2-8H,1H3,(H2,17,18,19,20,21). The molecule has 0 fully saturated rings. The predicted octanol–water partition coefficient (Wildman–Crippen LogP) is 1.94. The number of rotatable bonds is 4. The number of benzene rings is 1. The summed E-state index contributed by atoms with van der Waals surface area (Å²) < 4.78 is 16.8. The van der Waals surface area contributed by atoms with Gasteiger partial charge in [0, 0.05) is 0 Å². The topological polar surface area (TPSA) is 131 Å². The molecule has 1 aromatic carbocycles. The molecule has 0 aliphatic rings. The van der Waals surface area contributed by atoms with E-state index in [0.717, 1.165) is 0 Å². The average molecular weight is 352 g/mol. The van der Waals surface area contributed by atoms with Gasteiger partial charge in [-0.15, -0.1) is 5.10 Å². The maximum atomic E-state index is 11.4. The van der Waals surface area contributed by atoms with Crippen molar-refractivity contribution in [3.63, 3.8) is 0 Å². The maximum absolute atomic E-state index is 11.4. The highest BCUT2D eigenvalue weighted by atomic mass is 16.5. The van der Waals surface area contributed by atoms with Gasteiger partial charge in [-0.1, -0.05) is 0 Å². The van der Waals surface area contributed by atoms with E-state index in [1.165, 1.54) is 17.9 Å². The van der Waals surface area contributed by atoms with E-state index in [9.17, 15) is 4.79 Å². The van der Waals surface area contributed by atoms with E-state index in [-0.39, 0.29) is 17.7 Å². The largest absolute Gasteiger partial charge is 0.465 e. The van der Waals surface area contributed by atoms with Crippen LogP contribution < -0.4 is 10.5 Å². The van der Waals surface area contributed by atoms with Crippen LogP contribution in [0.25, 0.3) is 17.4 Å². The van der Waals surface area contributed by atoms with Crippen LogP contribution in [0.4, 0.5) is 5.95 Å². The highest BCUT2D eigenvalue weighted by Crippen LogP contribution is 2.22. The smallest absolute Gasteiger partial charge is 0.337 e. The van der Waals surface area contributed by atoms with Gasteiger partial charge in [0.2, 0.25) is 11.8 Å². The molecule has 3 heterocycles. The Balaban J connectivity index is 1.63. The molecule has 0 atom stereocenters. The fraction of sp³-hybridized carbons (Fsp3) is 0.0625. The highest BCUT2D eigenvalue weighted by Gasteiger charge is 2.15. The summed E-state index contributed by atoms with van der Waals surface area (Å²) in [7, 11) is 1.31. The number of furan rings is 1. The number of hydrogen-bond donors (Lipinski definition) is 1. The Labute approximate surface area is 146 Å². The van der Waals surface area contributed by atoms with Gasteiger partial charge in [0.1, 0.15) is 5.75 Å². The van der Waals surface area contributed by atoms with Crippen LogP contribution in [0.1, 0.15) is 10.4 Å². The number of hydrogen-bond acceptors (Lipinski definition) is 9. The third kappa shape index (κ3) is 2.79. The van der Waals surface area contributed by atoms with Crippen molar-refractivity contribution in [3.05, 3.63) is 48.2 Å². The Hall–Kier alpha value is -3.95. The first-order chi connectivity index (χ1) is 12.6. The van der Waals surface area contributed by atoms with Crippen molar-refractivity contribution >= 4 is 17.7 Å². The number of carbonyl (C=O) groups excluding carboxylic acids is 1. The third-order valence-corrected chi connectivity index (χ3v) is 3.44. The van der Waals surface area contributed by atoms with Crippen molar-refractivity contribution in [1.82, 2.24) is 24.6 Å². The number of methoxy groups -OCH3 is 1. The van der Waals surface area contributed by atoms with Crippen LogP contribution in [0.2, 0.25) is 0 Å². The molecule has 3 aromatic heterocycles. The van der Waals surface area contributed by atoms with E-state index >= 15 is 0 Å². The number of fused-ring (bicyclic) bond motifs is 1. The monoisotopic (exact) mass is 352 g/mol. The van der Waals surface area contributed by atoms with Crippen LogP contribution in [-0.2, 0) is 4.74 Å². The zero-order chi connectivity index (χ0) is 18.1. The Morgan fingerprint density at radius 2 is 1.96 bits per heavy atom. The van der Waals surface area contributed by atoms with Crippen LogP contribution in [0, 0.1) is 0 Å². The number of esters is 1. The maximum Gasteiger partial charge on any atom is 0.337 e. The molecule has 0 saturated heterocycles. The first kappa shape index (κ1) is 15.6. The zero-order valence-electron chi connectivity index (χ0n) is 13.5. The summed E-state index contributed by atoms with van der Waals surface area (Å²) in [6, 6.07) is 9.76. The fourth-order valence-corrected chi connectivity index (χ4v) is 2.22. The first-order valence-electron chi connectivity index (χ1n) is 7.44. The Kier molecular flexibility index (Phi) is 3.69. The third-order valence-electron chi connectivity index (χ3n) is 3.44. The van der Waals surface area contributed by atoms with Crippen molar-refractivity contribution in [3.8, 4) is 23.3 Å². The molecule has 0 spiro atoms. The quantitative estimate of drug-likeness (QED) is 0.547. The lowest BCUT2D eigenvalue weighted by molar-refractivity contribution is 0.0600. The van der Waals surface area contributed by atoms with Gasteiger partial charge in [-0.3, -0.25) is 0 Å². The summed E-state index contributed by atoms with van der Waals surface area (Å²) in [6.45, 7) is 0. The van der Waals surface area contributed by atoms with Crippen molar-refractivity contribution < 1.29 is 18.7 Å². The van der Waals surface area contributed by atoms with E-state index in [1.807, 2.05) is 0 Å². The molecule has 0 radical (unpaired) electrons. The Morgan fingerprint density at radius 3 is 2.65 bits per heavy atom. The zero-order valence-corrected chi connectivity index (χ0v) is 13.5. The minimum Gasteiger partial charge on any atom is -0.465 e. The molecule has 4 aromatic rings. The van der Waals surface area contributed by atoms with Crippen LogP contribution >= 0.6 is 0 Å². The van der Waals surface area contributed by atoms with Gasteiger partial charge in [-0.2, -0.15) is 19.5 Å². The van der Waals surface area contributed by atoms with E-state index in [0.29, 0.717) is 22.9 Å². The second-order valence-corrected chi connectivity index (χ2v) is 5.11. The first-order valence-corrected chi connectivity index (χ1v) is 7.44. The number of nitrogen functional groups attached to an aromatic ring is 1. The normalized spacial score (nSPS) is 10.8. The van der Waals surface area contributed by atoms with Gasteiger partial charge in [-0.25, -0.2) is 4.79 Å². The Bertz CT molecular complexity index is 1070. The molecule has 0 aliphatic carbocycles. The van der Waals surface area contributed by atoms with Crippen molar-refractivity contribution in [2.75, 3.05) is 12.8 Å². The summed E-state index contributed by atoms with van der Waals surface area (Å²) in [5, 5.41) is 4.20. The number of nitrogens with two attached hydrogens (primary N) is 1. The molecule has 2 N–H and O–H groups in total. The lowest BCUT2D eigenvalue weighted by Gasteiger charge is -2.05. The number of anilines is 1. The summed E-state index contributed by atoms with van der Waals surface area (Å²) in [5.41, 5.74) is 6.30. The number of aromatic nitrogens is 5. The highest BCUT2D eigenvalue weighted by molar-refractivity contribution is 5.89. The van der Waals surface area contributed by atoms with Gasteiger partial charge in [-0.05, 0) is 36.4 Å². The molecule has 0 bridgehead atoms. The van der Waals surface area contributed by atoms with Gasteiger partial charge in [0.05, 0.1) is 18.9 Å². The van der Waals surface area contributed by atoms with Crippen molar-refractivity contribution in [2.45, 2.75) is 0 Å². The molecule has 0 amide bonds. The second-order valence-electron chi connectivity index (χ2n) is 5.11. The van der Waals surface area contributed by atoms with Gasteiger partial charge in [0.15, 0.2) is 5.76 Å². The summed E-state index contributed by atoms with van der Waals surface area (Å²) in [4.78, 5) is 23.9. The predicted molar refractivity (Wildman–Crippen MR) is 88.5 cm³/mol.